The highest BCUT2D eigenvalue weighted by atomic mass is 16.2. The monoisotopic (exact) mass is 339 g/mol. The SMILES string of the molecule is CCN1CCN(c2ccc(C(=O)N(C)Cc3ccccc3)nn2)CC1. The van der Waals surface area contributed by atoms with E-state index in [0.717, 1.165) is 44.1 Å². The van der Waals surface area contributed by atoms with Crippen LogP contribution < -0.4 is 4.90 Å². The summed E-state index contributed by atoms with van der Waals surface area (Å²) in [6.07, 6.45) is 0. The standard InChI is InChI=1S/C19H25N5O/c1-3-23-11-13-24(14-12-23)18-10-9-17(20-21-18)19(25)22(2)15-16-7-5-4-6-8-16/h4-10H,3,11-15H2,1-2H3. The highest BCUT2D eigenvalue weighted by Crippen LogP contribution is 2.14. The molecule has 0 spiro atoms. The predicted octanol–water partition coefficient (Wildman–Crippen LogP) is 1.89. The van der Waals surface area contributed by atoms with Gasteiger partial charge in [-0.15, -0.1) is 10.2 Å². The number of amides is 1. The van der Waals surface area contributed by atoms with Gasteiger partial charge in [0.1, 0.15) is 0 Å². The Labute approximate surface area is 149 Å². The average Bonchev–Trinajstić information content (AvgIpc) is 2.68. The Morgan fingerprint density at radius 1 is 1.04 bits per heavy atom. The molecule has 0 unspecified atom stereocenters. The van der Waals surface area contributed by atoms with Crippen LogP contribution in [0.15, 0.2) is 42.5 Å². The van der Waals surface area contributed by atoms with Gasteiger partial charge in [-0.1, -0.05) is 37.3 Å². The number of piperazine rings is 1. The van der Waals surface area contributed by atoms with E-state index >= 15 is 0 Å². The molecule has 0 N–H and O–H groups in total. The molecule has 2 aromatic rings. The molecule has 1 aliphatic rings. The molecular weight excluding hydrogens is 314 g/mol. The maximum absolute atomic E-state index is 12.5. The molecule has 6 nitrogen and oxygen atoms in total. The smallest absolute Gasteiger partial charge is 0.274 e. The summed E-state index contributed by atoms with van der Waals surface area (Å²) in [5.74, 6) is 0.733. The quantitative estimate of drug-likeness (QED) is 0.833. The van der Waals surface area contributed by atoms with Crippen LogP contribution in [0.5, 0.6) is 0 Å². The van der Waals surface area contributed by atoms with E-state index in [1.807, 2.05) is 36.4 Å². The van der Waals surface area contributed by atoms with E-state index in [0.29, 0.717) is 12.2 Å². The molecule has 1 fully saturated rings. The van der Waals surface area contributed by atoms with Gasteiger partial charge in [0, 0.05) is 39.8 Å². The fourth-order valence-corrected chi connectivity index (χ4v) is 3.03. The lowest BCUT2D eigenvalue weighted by Gasteiger charge is -2.34. The van der Waals surface area contributed by atoms with Gasteiger partial charge >= 0.3 is 0 Å². The Balaban J connectivity index is 1.60. The van der Waals surface area contributed by atoms with E-state index in [-0.39, 0.29) is 5.91 Å². The van der Waals surface area contributed by atoms with Crippen LogP contribution in [0.4, 0.5) is 5.82 Å². The van der Waals surface area contributed by atoms with Crippen molar-refractivity contribution in [3.8, 4) is 0 Å². The number of hydrogen-bond acceptors (Lipinski definition) is 5. The number of benzene rings is 1. The first-order valence-corrected chi connectivity index (χ1v) is 8.78. The van der Waals surface area contributed by atoms with Gasteiger partial charge in [-0.3, -0.25) is 4.79 Å². The van der Waals surface area contributed by atoms with Gasteiger partial charge in [0.2, 0.25) is 0 Å². The molecule has 132 valence electrons. The number of nitrogens with zero attached hydrogens (tertiary/aromatic N) is 5. The second-order valence-electron chi connectivity index (χ2n) is 6.34. The molecule has 6 heteroatoms. The Morgan fingerprint density at radius 3 is 2.36 bits per heavy atom. The molecule has 3 rings (SSSR count). The van der Waals surface area contributed by atoms with E-state index in [9.17, 15) is 4.79 Å². The molecule has 0 atom stereocenters. The lowest BCUT2D eigenvalue weighted by molar-refractivity contribution is 0.0778. The minimum absolute atomic E-state index is 0.112. The molecule has 1 amide bonds. The summed E-state index contributed by atoms with van der Waals surface area (Å²) in [5, 5.41) is 8.43. The second kappa shape index (κ2) is 8.07. The number of carbonyl (C=O) groups excluding carboxylic acids is 1. The summed E-state index contributed by atoms with van der Waals surface area (Å²) < 4.78 is 0. The van der Waals surface area contributed by atoms with Gasteiger partial charge in [0.25, 0.3) is 5.91 Å². The molecule has 1 aromatic carbocycles. The van der Waals surface area contributed by atoms with Crippen molar-refractivity contribution in [2.45, 2.75) is 13.5 Å². The molecular formula is C19H25N5O. The summed E-state index contributed by atoms with van der Waals surface area (Å²) in [5.41, 5.74) is 1.48. The third-order valence-electron chi connectivity index (χ3n) is 4.62. The van der Waals surface area contributed by atoms with Crippen molar-refractivity contribution in [3.05, 3.63) is 53.7 Å². The fourth-order valence-electron chi connectivity index (χ4n) is 3.03. The summed E-state index contributed by atoms with van der Waals surface area (Å²) in [7, 11) is 1.79. The van der Waals surface area contributed by atoms with E-state index in [1.54, 1.807) is 18.0 Å². The average molecular weight is 339 g/mol. The van der Waals surface area contributed by atoms with Crippen LogP contribution in [0.25, 0.3) is 0 Å². The van der Waals surface area contributed by atoms with Crippen molar-refractivity contribution < 1.29 is 4.79 Å². The second-order valence-corrected chi connectivity index (χ2v) is 6.34. The first-order valence-electron chi connectivity index (χ1n) is 8.78. The zero-order valence-electron chi connectivity index (χ0n) is 14.9. The zero-order chi connectivity index (χ0) is 17.6. The number of anilines is 1. The number of aromatic nitrogens is 2. The third kappa shape index (κ3) is 4.33. The van der Waals surface area contributed by atoms with Crippen LogP contribution in [0.1, 0.15) is 23.0 Å². The van der Waals surface area contributed by atoms with Crippen molar-refractivity contribution >= 4 is 11.7 Å². The Hall–Kier alpha value is -2.47. The Kier molecular flexibility index (Phi) is 5.60. The normalized spacial score (nSPS) is 15.2. The van der Waals surface area contributed by atoms with Gasteiger partial charge in [0.15, 0.2) is 11.5 Å². The molecule has 1 aliphatic heterocycles. The fraction of sp³-hybridized carbons (Fsp3) is 0.421. The van der Waals surface area contributed by atoms with E-state index in [2.05, 4.69) is 26.9 Å². The Bertz CT molecular complexity index is 681. The molecule has 0 bridgehead atoms. The molecule has 25 heavy (non-hydrogen) atoms. The van der Waals surface area contributed by atoms with Crippen LogP contribution in [0.3, 0.4) is 0 Å². The molecule has 2 heterocycles. The minimum Gasteiger partial charge on any atom is -0.353 e. The number of rotatable bonds is 5. The lowest BCUT2D eigenvalue weighted by atomic mass is 10.2. The number of hydrogen-bond donors (Lipinski definition) is 0. The van der Waals surface area contributed by atoms with Gasteiger partial charge in [-0.2, -0.15) is 0 Å². The van der Waals surface area contributed by atoms with Crippen LogP contribution in [-0.2, 0) is 6.54 Å². The largest absolute Gasteiger partial charge is 0.353 e. The van der Waals surface area contributed by atoms with Crippen molar-refractivity contribution in [1.82, 2.24) is 20.0 Å². The van der Waals surface area contributed by atoms with Crippen LogP contribution in [0.2, 0.25) is 0 Å². The Morgan fingerprint density at radius 2 is 1.76 bits per heavy atom. The first kappa shape index (κ1) is 17.4. The highest BCUT2D eigenvalue weighted by molar-refractivity contribution is 5.92. The van der Waals surface area contributed by atoms with Crippen molar-refractivity contribution in [1.29, 1.82) is 0 Å². The number of likely N-dealkylation sites (N-methyl/N-ethyl adjacent to an activating group) is 1. The van der Waals surface area contributed by atoms with Gasteiger partial charge < -0.3 is 14.7 Å². The molecule has 0 radical (unpaired) electrons. The van der Waals surface area contributed by atoms with Gasteiger partial charge in [-0.25, -0.2) is 0 Å². The predicted molar refractivity (Wildman–Crippen MR) is 98.6 cm³/mol. The van der Waals surface area contributed by atoms with Gasteiger partial charge in [0.05, 0.1) is 0 Å². The summed E-state index contributed by atoms with van der Waals surface area (Å²) in [6.45, 7) is 7.80. The number of carbonyl (C=O) groups is 1. The van der Waals surface area contributed by atoms with Crippen LogP contribution >= 0.6 is 0 Å². The lowest BCUT2D eigenvalue weighted by Crippen LogP contribution is -2.46. The summed E-state index contributed by atoms with van der Waals surface area (Å²) in [6, 6.07) is 13.6. The van der Waals surface area contributed by atoms with Crippen molar-refractivity contribution in [2.24, 2.45) is 0 Å². The van der Waals surface area contributed by atoms with Crippen molar-refractivity contribution in [2.75, 3.05) is 44.7 Å². The van der Waals surface area contributed by atoms with E-state index in [1.165, 1.54) is 0 Å². The highest BCUT2D eigenvalue weighted by Gasteiger charge is 2.19. The maximum atomic E-state index is 12.5. The summed E-state index contributed by atoms with van der Waals surface area (Å²) >= 11 is 0. The zero-order valence-corrected chi connectivity index (χ0v) is 14.9. The summed E-state index contributed by atoms with van der Waals surface area (Å²) in [4.78, 5) is 18.8. The van der Waals surface area contributed by atoms with E-state index < -0.39 is 0 Å². The topological polar surface area (TPSA) is 52.6 Å². The molecule has 1 aromatic heterocycles. The van der Waals surface area contributed by atoms with Crippen molar-refractivity contribution in [3.63, 3.8) is 0 Å². The third-order valence-corrected chi connectivity index (χ3v) is 4.62. The molecule has 1 saturated heterocycles. The first-order chi connectivity index (χ1) is 12.2. The maximum Gasteiger partial charge on any atom is 0.274 e. The van der Waals surface area contributed by atoms with Crippen LogP contribution in [-0.4, -0.2) is 65.7 Å². The minimum atomic E-state index is -0.112. The van der Waals surface area contributed by atoms with E-state index in [4.69, 9.17) is 0 Å². The molecule has 0 saturated carbocycles. The van der Waals surface area contributed by atoms with Crippen LogP contribution in [0, 0.1) is 0 Å². The van der Waals surface area contributed by atoms with Gasteiger partial charge in [-0.05, 0) is 24.2 Å². The molecule has 0 aliphatic carbocycles.